The monoisotopic (exact) mass is 333 g/mol. The van der Waals surface area contributed by atoms with Crippen LogP contribution in [0.5, 0.6) is 0 Å². The minimum atomic E-state index is -0.122. The first-order valence-electron chi connectivity index (χ1n) is 6.33. The SMILES string of the molecule is CC(C)NC(=O)c1cncc(Nc2ccccc2Br)c1. The number of pyridine rings is 1. The normalized spacial score (nSPS) is 10.4. The molecule has 1 aromatic heterocycles. The maximum Gasteiger partial charge on any atom is 0.253 e. The van der Waals surface area contributed by atoms with E-state index in [9.17, 15) is 4.79 Å². The summed E-state index contributed by atoms with van der Waals surface area (Å²) in [6.45, 7) is 3.85. The third-order valence-electron chi connectivity index (χ3n) is 2.57. The maximum atomic E-state index is 11.9. The standard InChI is InChI=1S/C15H16BrN3O/c1-10(2)18-15(20)11-7-12(9-17-8-11)19-14-6-4-3-5-13(14)16/h3-10,19H,1-2H3,(H,18,20). The summed E-state index contributed by atoms with van der Waals surface area (Å²) >= 11 is 3.47. The molecule has 104 valence electrons. The van der Waals surface area contributed by atoms with Crippen molar-refractivity contribution in [2.24, 2.45) is 0 Å². The van der Waals surface area contributed by atoms with Crippen LogP contribution in [-0.2, 0) is 0 Å². The third kappa shape index (κ3) is 3.81. The average molecular weight is 334 g/mol. The lowest BCUT2D eigenvalue weighted by Crippen LogP contribution is -2.30. The largest absolute Gasteiger partial charge is 0.353 e. The Balaban J connectivity index is 2.18. The molecule has 0 aliphatic carbocycles. The first kappa shape index (κ1) is 14.5. The Morgan fingerprint density at radius 2 is 2.00 bits per heavy atom. The molecule has 0 spiro atoms. The van der Waals surface area contributed by atoms with Crippen LogP contribution in [0, 0.1) is 0 Å². The van der Waals surface area contributed by atoms with E-state index in [-0.39, 0.29) is 11.9 Å². The van der Waals surface area contributed by atoms with Crippen LogP contribution in [0.1, 0.15) is 24.2 Å². The van der Waals surface area contributed by atoms with E-state index in [0.717, 1.165) is 15.8 Å². The zero-order valence-electron chi connectivity index (χ0n) is 11.4. The van der Waals surface area contributed by atoms with Crippen molar-refractivity contribution in [1.29, 1.82) is 0 Å². The molecule has 2 aromatic rings. The second-order valence-corrected chi connectivity index (χ2v) is 5.55. The molecule has 2 rings (SSSR count). The minimum Gasteiger partial charge on any atom is -0.353 e. The molecule has 1 amide bonds. The van der Waals surface area contributed by atoms with Gasteiger partial charge in [0.15, 0.2) is 0 Å². The number of carbonyl (C=O) groups is 1. The van der Waals surface area contributed by atoms with Crippen LogP contribution in [0.2, 0.25) is 0 Å². The summed E-state index contributed by atoms with van der Waals surface area (Å²) in [5, 5.41) is 6.08. The van der Waals surface area contributed by atoms with Gasteiger partial charge in [0.05, 0.1) is 23.1 Å². The van der Waals surface area contributed by atoms with Gasteiger partial charge in [0.25, 0.3) is 5.91 Å². The fourth-order valence-electron chi connectivity index (χ4n) is 1.70. The zero-order valence-corrected chi connectivity index (χ0v) is 12.9. The highest BCUT2D eigenvalue weighted by Crippen LogP contribution is 2.25. The molecule has 0 aliphatic heterocycles. The lowest BCUT2D eigenvalue weighted by atomic mass is 10.2. The van der Waals surface area contributed by atoms with Gasteiger partial charge in [0.2, 0.25) is 0 Å². The van der Waals surface area contributed by atoms with Gasteiger partial charge in [0, 0.05) is 16.7 Å². The Morgan fingerprint density at radius 1 is 1.25 bits per heavy atom. The third-order valence-corrected chi connectivity index (χ3v) is 3.26. The molecule has 5 heteroatoms. The summed E-state index contributed by atoms with van der Waals surface area (Å²) in [5.41, 5.74) is 2.24. The minimum absolute atomic E-state index is 0.0994. The van der Waals surface area contributed by atoms with Crippen LogP contribution in [0.4, 0.5) is 11.4 Å². The number of halogens is 1. The second kappa shape index (κ2) is 6.52. The Morgan fingerprint density at radius 3 is 2.70 bits per heavy atom. The molecule has 0 saturated heterocycles. The number of rotatable bonds is 4. The van der Waals surface area contributed by atoms with Crippen LogP contribution in [0.15, 0.2) is 47.2 Å². The number of nitrogens with zero attached hydrogens (tertiary/aromatic N) is 1. The number of aromatic nitrogens is 1. The molecule has 1 heterocycles. The van der Waals surface area contributed by atoms with Crippen LogP contribution in [0.3, 0.4) is 0 Å². The van der Waals surface area contributed by atoms with Gasteiger partial charge in [-0.2, -0.15) is 0 Å². The molecule has 4 nitrogen and oxygen atoms in total. The van der Waals surface area contributed by atoms with Crippen LogP contribution in [0.25, 0.3) is 0 Å². The summed E-state index contributed by atoms with van der Waals surface area (Å²) in [4.78, 5) is 16.0. The Hall–Kier alpha value is -1.88. The Bertz CT molecular complexity index is 614. The molecular weight excluding hydrogens is 318 g/mol. The fourth-order valence-corrected chi connectivity index (χ4v) is 2.08. The van der Waals surface area contributed by atoms with Crippen molar-refractivity contribution in [2.45, 2.75) is 19.9 Å². The van der Waals surface area contributed by atoms with E-state index in [2.05, 4.69) is 31.5 Å². The number of amides is 1. The van der Waals surface area contributed by atoms with Gasteiger partial charge in [-0.25, -0.2) is 0 Å². The summed E-state index contributed by atoms with van der Waals surface area (Å²) < 4.78 is 0.956. The van der Waals surface area contributed by atoms with E-state index in [1.165, 1.54) is 0 Å². The van der Waals surface area contributed by atoms with Crippen molar-refractivity contribution in [3.8, 4) is 0 Å². The molecule has 0 aliphatic rings. The first-order valence-corrected chi connectivity index (χ1v) is 7.13. The number of hydrogen-bond acceptors (Lipinski definition) is 3. The van der Waals surface area contributed by atoms with Crippen LogP contribution < -0.4 is 10.6 Å². The van der Waals surface area contributed by atoms with Gasteiger partial charge >= 0.3 is 0 Å². The van der Waals surface area contributed by atoms with Gasteiger partial charge in [0.1, 0.15) is 0 Å². The van der Waals surface area contributed by atoms with Gasteiger partial charge < -0.3 is 10.6 Å². The smallest absolute Gasteiger partial charge is 0.253 e. The van der Waals surface area contributed by atoms with Crippen molar-refractivity contribution in [2.75, 3.05) is 5.32 Å². The number of carbonyl (C=O) groups excluding carboxylic acids is 1. The highest BCUT2D eigenvalue weighted by molar-refractivity contribution is 9.10. The van der Waals surface area contributed by atoms with Crippen molar-refractivity contribution in [3.63, 3.8) is 0 Å². The Kier molecular flexibility index (Phi) is 4.74. The van der Waals surface area contributed by atoms with E-state index in [1.54, 1.807) is 18.5 Å². The molecule has 0 atom stereocenters. The van der Waals surface area contributed by atoms with E-state index in [1.807, 2.05) is 38.1 Å². The molecule has 20 heavy (non-hydrogen) atoms. The summed E-state index contributed by atoms with van der Waals surface area (Å²) in [5.74, 6) is -0.122. The van der Waals surface area contributed by atoms with Gasteiger partial charge in [-0.15, -0.1) is 0 Å². The number of benzene rings is 1. The van der Waals surface area contributed by atoms with Gasteiger partial charge in [-0.3, -0.25) is 9.78 Å². The predicted molar refractivity (Wildman–Crippen MR) is 84.3 cm³/mol. The van der Waals surface area contributed by atoms with Gasteiger partial charge in [-0.05, 0) is 48.0 Å². The molecule has 0 fully saturated rings. The van der Waals surface area contributed by atoms with Crippen molar-refractivity contribution in [1.82, 2.24) is 10.3 Å². The predicted octanol–water partition coefficient (Wildman–Crippen LogP) is 3.73. The molecule has 1 aromatic carbocycles. The molecule has 0 unspecified atom stereocenters. The maximum absolute atomic E-state index is 11.9. The van der Waals surface area contributed by atoms with Crippen molar-refractivity contribution in [3.05, 3.63) is 52.8 Å². The number of nitrogens with one attached hydrogen (secondary N) is 2. The quantitative estimate of drug-likeness (QED) is 0.896. The lowest BCUT2D eigenvalue weighted by Gasteiger charge is -2.11. The average Bonchev–Trinajstić information content (AvgIpc) is 2.41. The highest BCUT2D eigenvalue weighted by atomic mass is 79.9. The van der Waals surface area contributed by atoms with E-state index in [0.29, 0.717) is 5.56 Å². The lowest BCUT2D eigenvalue weighted by molar-refractivity contribution is 0.0943. The van der Waals surface area contributed by atoms with Crippen molar-refractivity contribution < 1.29 is 4.79 Å². The van der Waals surface area contributed by atoms with E-state index in [4.69, 9.17) is 0 Å². The number of anilines is 2. The van der Waals surface area contributed by atoms with Gasteiger partial charge in [-0.1, -0.05) is 12.1 Å². The highest BCUT2D eigenvalue weighted by Gasteiger charge is 2.08. The fraction of sp³-hybridized carbons (Fsp3) is 0.200. The molecular formula is C15H16BrN3O. The molecule has 0 bridgehead atoms. The number of para-hydroxylation sites is 1. The van der Waals surface area contributed by atoms with E-state index < -0.39 is 0 Å². The summed E-state index contributed by atoms with van der Waals surface area (Å²) in [6, 6.07) is 9.66. The molecule has 0 radical (unpaired) electrons. The first-order chi connectivity index (χ1) is 9.56. The molecule has 2 N–H and O–H groups in total. The van der Waals surface area contributed by atoms with Crippen LogP contribution in [-0.4, -0.2) is 16.9 Å². The van der Waals surface area contributed by atoms with Crippen molar-refractivity contribution >= 4 is 33.2 Å². The van der Waals surface area contributed by atoms with E-state index >= 15 is 0 Å². The summed E-state index contributed by atoms with van der Waals surface area (Å²) in [7, 11) is 0. The second-order valence-electron chi connectivity index (χ2n) is 4.70. The topological polar surface area (TPSA) is 54.0 Å². The zero-order chi connectivity index (χ0) is 14.5. The summed E-state index contributed by atoms with van der Waals surface area (Å²) in [6.07, 6.45) is 3.24. The Labute approximate surface area is 126 Å². The molecule has 0 saturated carbocycles. The van der Waals surface area contributed by atoms with Crippen LogP contribution >= 0.6 is 15.9 Å². The number of hydrogen-bond donors (Lipinski definition) is 2.